The number of amides is 3. The van der Waals surface area contributed by atoms with Crippen LogP contribution in [0.4, 0.5) is 18.4 Å². The number of urea groups is 1. The van der Waals surface area contributed by atoms with Gasteiger partial charge in [0.1, 0.15) is 18.2 Å². The van der Waals surface area contributed by atoms with E-state index in [1.807, 2.05) is 0 Å². The van der Waals surface area contributed by atoms with E-state index in [4.69, 9.17) is 19.9 Å². The minimum Gasteiger partial charge on any atom is -0.447 e. The Kier molecular flexibility index (Phi) is 11.8. The summed E-state index contributed by atoms with van der Waals surface area (Å²) in [5.41, 5.74) is 7.02. The van der Waals surface area contributed by atoms with Crippen molar-refractivity contribution in [1.82, 2.24) is 15.5 Å². The van der Waals surface area contributed by atoms with E-state index in [-0.39, 0.29) is 37.8 Å². The molecule has 0 spiro atoms. The summed E-state index contributed by atoms with van der Waals surface area (Å²) in [4.78, 5) is 25.7. The van der Waals surface area contributed by atoms with Gasteiger partial charge < -0.3 is 35.5 Å². The summed E-state index contributed by atoms with van der Waals surface area (Å²) in [6, 6.07) is 1.72. The van der Waals surface area contributed by atoms with Gasteiger partial charge in [-0.2, -0.15) is 0 Å². The Balaban J connectivity index is 1.53. The zero-order valence-corrected chi connectivity index (χ0v) is 21.6. The summed E-state index contributed by atoms with van der Waals surface area (Å²) >= 11 is 0. The van der Waals surface area contributed by atoms with Gasteiger partial charge in [-0.3, -0.25) is 0 Å². The summed E-state index contributed by atoms with van der Waals surface area (Å²) in [5.74, 6) is -1.23. The molecule has 3 amide bonds. The van der Waals surface area contributed by atoms with Gasteiger partial charge in [-0.05, 0) is 55.2 Å². The Labute approximate surface area is 217 Å². The average molecular weight is 527 g/mol. The normalized spacial score (nSPS) is 21.1. The molecule has 1 aromatic rings. The lowest BCUT2D eigenvalue weighted by Gasteiger charge is -2.34. The van der Waals surface area contributed by atoms with Crippen LogP contribution in [-0.4, -0.2) is 76.2 Å². The second-order valence-electron chi connectivity index (χ2n) is 9.80. The fourth-order valence-electron chi connectivity index (χ4n) is 5.06. The quantitative estimate of drug-likeness (QED) is 0.403. The standard InChI is InChI=1S/C26H40F2N4O5/c1-30-26(34)37-10-9-36-17-20-12-21(27)13-23(28)24(20)19-6-4-7-32(15-19)25(33)31-14-22(29)11-18-5-2-3-8-35-16-18/h12-13,18-19,22H,2-11,14-17,29H2,1H3,(H,30,34)(H,31,33)/t18-,19+,22+/m1/s1. The third-order valence-corrected chi connectivity index (χ3v) is 6.88. The molecule has 0 radical (unpaired) electrons. The number of carbonyl (C=O) groups is 2. The molecule has 3 rings (SSSR count). The molecule has 2 aliphatic rings. The average Bonchev–Trinajstić information content (AvgIpc) is 3.15. The molecule has 0 saturated carbocycles. The van der Waals surface area contributed by atoms with Gasteiger partial charge in [-0.1, -0.05) is 6.42 Å². The number of likely N-dealkylation sites (tertiary alicyclic amines) is 1. The minimum atomic E-state index is -0.695. The van der Waals surface area contributed by atoms with Crippen LogP contribution in [0.2, 0.25) is 0 Å². The van der Waals surface area contributed by atoms with Crippen LogP contribution in [0.5, 0.6) is 0 Å². The largest absolute Gasteiger partial charge is 0.447 e. The van der Waals surface area contributed by atoms with Crippen molar-refractivity contribution in [2.75, 3.05) is 53.1 Å². The number of alkyl carbamates (subject to hydrolysis) is 1. The summed E-state index contributed by atoms with van der Waals surface area (Å²) < 4.78 is 44.9. The van der Waals surface area contributed by atoms with Crippen LogP contribution in [0, 0.1) is 17.6 Å². The van der Waals surface area contributed by atoms with E-state index in [0.717, 1.165) is 38.4 Å². The van der Waals surface area contributed by atoms with E-state index in [0.29, 0.717) is 56.1 Å². The molecule has 3 atom stereocenters. The van der Waals surface area contributed by atoms with Crippen molar-refractivity contribution in [2.45, 2.75) is 57.1 Å². The smallest absolute Gasteiger partial charge is 0.406 e. The fourth-order valence-corrected chi connectivity index (χ4v) is 5.06. The SMILES string of the molecule is CNC(=O)OCCOCc1cc(F)cc(F)c1[C@H]1CCCN(C(=O)NC[C@@H](N)C[C@H]2CCCCOC2)C1. The molecule has 0 aliphatic carbocycles. The highest BCUT2D eigenvalue weighted by molar-refractivity contribution is 5.74. The number of nitrogens with one attached hydrogen (secondary N) is 2. The van der Waals surface area contributed by atoms with Crippen molar-refractivity contribution in [3.63, 3.8) is 0 Å². The molecule has 208 valence electrons. The number of halogens is 2. The highest BCUT2D eigenvalue weighted by atomic mass is 19.1. The fraction of sp³-hybridized carbons (Fsp3) is 0.692. The lowest BCUT2D eigenvalue weighted by atomic mass is 9.87. The molecule has 11 heteroatoms. The maximum Gasteiger partial charge on any atom is 0.406 e. The topological polar surface area (TPSA) is 115 Å². The molecule has 2 fully saturated rings. The van der Waals surface area contributed by atoms with Gasteiger partial charge in [0, 0.05) is 57.9 Å². The third-order valence-electron chi connectivity index (χ3n) is 6.88. The molecule has 2 heterocycles. The molecular formula is C26H40F2N4O5. The number of hydrogen-bond acceptors (Lipinski definition) is 6. The molecule has 2 saturated heterocycles. The zero-order chi connectivity index (χ0) is 26.6. The predicted molar refractivity (Wildman–Crippen MR) is 134 cm³/mol. The molecule has 37 heavy (non-hydrogen) atoms. The van der Waals surface area contributed by atoms with E-state index >= 15 is 0 Å². The van der Waals surface area contributed by atoms with Crippen LogP contribution in [0.3, 0.4) is 0 Å². The number of carbonyl (C=O) groups excluding carboxylic acids is 2. The van der Waals surface area contributed by atoms with Crippen LogP contribution in [0.1, 0.15) is 55.6 Å². The Morgan fingerprint density at radius 2 is 2.05 bits per heavy atom. The third kappa shape index (κ3) is 9.39. The first-order chi connectivity index (χ1) is 17.9. The van der Waals surface area contributed by atoms with Gasteiger partial charge in [0.25, 0.3) is 0 Å². The zero-order valence-electron chi connectivity index (χ0n) is 21.6. The molecule has 9 nitrogen and oxygen atoms in total. The highest BCUT2D eigenvalue weighted by Gasteiger charge is 2.29. The van der Waals surface area contributed by atoms with Crippen LogP contribution < -0.4 is 16.4 Å². The first-order valence-corrected chi connectivity index (χ1v) is 13.1. The van der Waals surface area contributed by atoms with E-state index in [9.17, 15) is 18.4 Å². The summed E-state index contributed by atoms with van der Waals surface area (Å²) in [6.07, 6.45) is 4.87. The Hall–Kier alpha value is -2.50. The van der Waals surface area contributed by atoms with E-state index in [2.05, 4.69) is 10.6 Å². The first kappa shape index (κ1) is 29.1. The van der Waals surface area contributed by atoms with Crippen molar-refractivity contribution in [1.29, 1.82) is 0 Å². The van der Waals surface area contributed by atoms with Crippen molar-refractivity contribution in [2.24, 2.45) is 11.7 Å². The Bertz CT molecular complexity index is 883. The Morgan fingerprint density at radius 1 is 1.22 bits per heavy atom. The van der Waals surface area contributed by atoms with Crippen LogP contribution >= 0.6 is 0 Å². The van der Waals surface area contributed by atoms with Gasteiger partial charge in [0.2, 0.25) is 0 Å². The van der Waals surface area contributed by atoms with Gasteiger partial charge in [0.05, 0.1) is 13.2 Å². The van der Waals surface area contributed by atoms with E-state index < -0.39 is 17.7 Å². The number of hydrogen-bond donors (Lipinski definition) is 3. The van der Waals surface area contributed by atoms with Crippen LogP contribution in [0.15, 0.2) is 12.1 Å². The summed E-state index contributed by atoms with van der Waals surface area (Å²) in [5, 5.41) is 5.25. The van der Waals surface area contributed by atoms with Crippen LogP contribution in [-0.2, 0) is 20.8 Å². The van der Waals surface area contributed by atoms with E-state index in [1.54, 1.807) is 4.90 Å². The lowest BCUT2D eigenvalue weighted by molar-refractivity contribution is 0.0647. The number of benzene rings is 1. The monoisotopic (exact) mass is 526 g/mol. The highest BCUT2D eigenvalue weighted by Crippen LogP contribution is 2.32. The van der Waals surface area contributed by atoms with Gasteiger partial charge in [-0.15, -0.1) is 0 Å². The van der Waals surface area contributed by atoms with Crippen molar-refractivity contribution < 1.29 is 32.6 Å². The molecule has 4 N–H and O–H groups in total. The van der Waals surface area contributed by atoms with Crippen molar-refractivity contribution in [3.8, 4) is 0 Å². The molecule has 0 bridgehead atoms. The molecular weight excluding hydrogens is 486 g/mol. The minimum absolute atomic E-state index is 0.0140. The number of nitrogens with two attached hydrogens (primary N) is 1. The first-order valence-electron chi connectivity index (χ1n) is 13.1. The number of piperidine rings is 1. The van der Waals surface area contributed by atoms with Crippen LogP contribution in [0.25, 0.3) is 0 Å². The van der Waals surface area contributed by atoms with Gasteiger partial charge in [0.15, 0.2) is 0 Å². The molecule has 0 aromatic heterocycles. The maximum atomic E-state index is 14.9. The van der Waals surface area contributed by atoms with E-state index in [1.165, 1.54) is 13.1 Å². The second-order valence-corrected chi connectivity index (χ2v) is 9.80. The lowest BCUT2D eigenvalue weighted by Crippen LogP contribution is -2.48. The predicted octanol–water partition coefficient (Wildman–Crippen LogP) is 3.26. The van der Waals surface area contributed by atoms with Gasteiger partial charge in [-0.25, -0.2) is 18.4 Å². The molecule has 0 unspecified atom stereocenters. The molecule has 1 aromatic carbocycles. The number of nitrogens with zero attached hydrogens (tertiary/aromatic N) is 1. The Morgan fingerprint density at radius 3 is 2.86 bits per heavy atom. The van der Waals surface area contributed by atoms with Gasteiger partial charge >= 0.3 is 12.1 Å². The maximum absolute atomic E-state index is 14.9. The number of rotatable bonds is 10. The summed E-state index contributed by atoms with van der Waals surface area (Å²) in [7, 11) is 1.45. The van der Waals surface area contributed by atoms with Crippen molar-refractivity contribution >= 4 is 12.1 Å². The van der Waals surface area contributed by atoms with Crippen molar-refractivity contribution in [3.05, 3.63) is 34.9 Å². The summed E-state index contributed by atoms with van der Waals surface area (Å²) in [6.45, 7) is 2.80. The number of ether oxygens (including phenoxy) is 3. The second kappa shape index (κ2) is 15.0. The molecule has 2 aliphatic heterocycles.